The van der Waals surface area contributed by atoms with Gasteiger partial charge in [0.25, 0.3) is 0 Å². The molecule has 1 N–H and O–H groups in total. The molecule has 0 radical (unpaired) electrons. The van der Waals surface area contributed by atoms with E-state index in [0.717, 1.165) is 6.26 Å². The Morgan fingerprint density at radius 1 is 1.20 bits per heavy atom. The summed E-state index contributed by atoms with van der Waals surface area (Å²) in [6.45, 7) is 7.90. The molecule has 1 aliphatic rings. The molecular weight excluding hydrogens is 340 g/mol. The predicted octanol–water partition coefficient (Wildman–Crippen LogP) is 2.84. The van der Waals surface area contributed by atoms with E-state index in [1.165, 1.54) is 12.1 Å². The van der Waals surface area contributed by atoms with Gasteiger partial charge in [0.1, 0.15) is 6.04 Å². The molecular formula is C18H26N2O4S. The van der Waals surface area contributed by atoms with Crippen molar-refractivity contribution < 1.29 is 18.0 Å². The number of rotatable bonds is 5. The van der Waals surface area contributed by atoms with Crippen LogP contribution in [0, 0.1) is 11.8 Å². The van der Waals surface area contributed by atoms with Crippen LogP contribution < -0.4 is 10.2 Å². The number of sulfone groups is 1. The Morgan fingerprint density at radius 3 is 2.36 bits per heavy atom. The molecule has 0 fully saturated rings. The Kier molecular flexibility index (Phi) is 5.56. The second-order valence-electron chi connectivity index (χ2n) is 7.45. The van der Waals surface area contributed by atoms with Crippen LogP contribution in [0.1, 0.15) is 40.5 Å². The van der Waals surface area contributed by atoms with Gasteiger partial charge in [-0.05, 0) is 36.5 Å². The number of carbonyl (C=O) groups excluding carboxylic acids is 2. The minimum atomic E-state index is -3.40. The number of amides is 2. The van der Waals surface area contributed by atoms with Crippen LogP contribution in [0.2, 0.25) is 0 Å². The highest BCUT2D eigenvalue weighted by atomic mass is 32.2. The molecule has 2 amide bonds. The number of hydrogen-bond donors (Lipinski definition) is 1. The molecule has 2 rings (SSSR count). The molecule has 6 nitrogen and oxygen atoms in total. The topological polar surface area (TPSA) is 83.6 Å². The van der Waals surface area contributed by atoms with Crippen LogP contribution in [0.4, 0.5) is 11.4 Å². The van der Waals surface area contributed by atoms with Crippen molar-refractivity contribution in [2.45, 2.75) is 51.5 Å². The van der Waals surface area contributed by atoms with Gasteiger partial charge in [0.2, 0.25) is 11.8 Å². The van der Waals surface area contributed by atoms with Crippen molar-refractivity contribution in [3.8, 4) is 0 Å². The summed E-state index contributed by atoms with van der Waals surface area (Å²) < 4.78 is 23.6. The predicted molar refractivity (Wildman–Crippen MR) is 98.4 cm³/mol. The third-order valence-electron chi connectivity index (χ3n) is 4.07. The van der Waals surface area contributed by atoms with Crippen molar-refractivity contribution in [2.24, 2.45) is 11.8 Å². The molecule has 25 heavy (non-hydrogen) atoms. The van der Waals surface area contributed by atoms with Gasteiger partial charge in [-0.15, -0.1) is 0 Å². The van der Waals surface area contributed by atoms with Crippen LogP contribution in [0.3, 0.4) is 0 Å². The number of nitrogens with one attached hydrogen (secondary N) is 1. The normalized spacial score (nSPS) is 17.6. The Morgan fingerprint density at radius 2 is 1.84 bits per heavy atom. The van der Waals surface area contributed by atoms with Crippen molar-refractivity contribution in [3.63, 3.8) is 0 Å². The van der Waals surface area contributed by atoms with Gasteiger partial charge >= 0.3 is 0 Å². The first-order valence-electron chi connectivity index (χ1n) is 8.47. The van der Waals surface area contributed by atoms with Crippen molar-refractivity contribution in [1.82, 2.24) is 0 Å². The van der Waals surface area contributed by atoms with Gasteiger partial charge in [0, 0.05) is 12.7 Å². The number of benzene rings is 1. The molecule has 0 saturated carbocycles. The maximum atomic E-state index is 12.8. The number of hydrogen-bond acceptors (Lipinski definition) is 4. The van der Waals surface area contributed by atoms with E-state index in [2.05, 4.69) is 5.32 Å². The number of nitrogens with zero attached hydrogens (tertiary/aromatic N) is 1. The first-order valence-corrected chi connectivity index (χ1v) is 10.4. The van der Waals surface area contributed by atoms with Gasteiger partial charge in [-0.2, -0.15) is 0 Å². The minimum Gasteiger partial charge on any atom is -0.322 e. The molecule has 0 spiro atoms. The zero-order valence-electron chi connectivity index (χ0n) is 15.4. The lowest BCUT2D eigenvalue weighted by Gasteiger charge is -2.37. The van der Waals surface area contributed by atoms with Gasteiger partial charge in [-0.25, -0.2) is 8.42 Å². The van der Waals surface area contributed by atoms with Crippen LogP contribution in [-0.4, -0.2) is 32.5 Å². The standard InChI is InChI=1S/C18H26N2O4S/c1-11(2)8-16-18(22)19-14-10-13(25(5,23)24)6-7-15(14)20(16)17(21)9-12(3)4/h6-7,10-12,16H,8-9H2,1-5H3,(H,19,22). The molecule has 0 saturated heterocycles. The van der Waals surface area contributed by atoms with Crippen molar-refractivity contribution in [3.05, 3.63) is 18.2 Å². The second-order valence-corrected chi connectivity index (χ2v) is 9.46. The highest BCUT2D eigenvalue weighted by Crippen LogP contribution is 2.36. The summed E-state index contributed by atoms with van der Waals surface area (Å²) in [6.07, 6.45) is 1.99. The Balaban J connectivity index is 2.54. The summed E-state index contributed by atoms with van der Waals surface area (Å²) in [5, 5.41) is 2.77. The Labute approximate surface area is 149 Å². The molecule has 7 heteroatoms. The first-order chi connectivity index (χ1) is 11.5. The van der Waals surface area contributed by atoms with E-state index in [4.69, 9.17) is 0 Å². The largest absolute Gasteiger partial charge is 0.322 e. The molecule has 1 aromatic rings. The van der Waals surface area contributed by atoms with Crippen LogP contribution >= 0.6 is 0 Å². The first kappa shape index (κ1) is 19.4. The molecule has 0 bridgehead atoms. The average Bonchev–Trinajstić information content (AvgIpc) is 2.45. The number of carbonyl (C=O) groups is 2. The summed E-state index contributed by atoms with van der Waals surface area (Å²) in [5.74, 6) is 0.00526. The Hall–Kier alpha value is -1.89. The summed E-state index contributed by atoms with van der Waals surface area (Å²) in [4.78, 5) is 27.1. The van der Waals surface area contributed by atoms with Gasteiger partial charge in [0.15, 0.2) is 9.84 Å². The van der Waals surface area contributed by atoms with E-state index >= 15 is 0 Å². The minimum absolute atomic E-state index is 0.116. The van der Waals surface area contributed by atoms with Crippen molar-refractivity contribution in [2.75, 3.05) is 16.5 Å². The lowest BCUT2D eigenvalue weighted by atomic mass is 9.97. The second kappa shape index (κ2) is 7.15. The molecule has 138 valence electrons. The molecule has 1 heterocycles. The van der Waals surface area contributed by atoms with E-state index in [1.807, 2.05) is 27.7 Å². The summed E-state index contributed by atoms with van der Waals surface area (Å²) in [7, 11) is -3.40. The summed E-state index contributed by atoms with van der Waals surface area (Å²) in [6, 6.07) is 3.93. The molecule has 1 aromatic carbocycles. The van der Waals surface area contributed by atoms with E-state index in [1.54, 1.807) is 11.0 Å². The third-order valence-corrected chi connectivity index (χ3v) is 5.18. The number of fused-ring (bicyclic) bond motifs is 1. The fraction of sp³-hybridized carbons (Fsp3) is 0.556. The molecule has 0 aliphatic carbocycles. The van der Waals surface area contributed by atoms with Crippen molar-refractivity contribution >= 4 is 33.0 Å². The lowest BCUT2D eigenvalue weighted by Crippen LogP contribution is -2.51. The monoisotopic (exact) mass is 366 g/mol. The highest BCUT2D eigenvalue weighted by Gasteiger charge is 2.37. The fourth-order valence-electron chi connectivity index (χ4n) is 2.97. The third kappa shape index (κ3) is 4.39. The van der Waals surface area contributed by atoms with E-state index in [9.17, 15) is 18.0 Å². The smallest absolute Gasteiger partial charge is 0.247 e. The van der Waals surface area contributed by atoms with Crippen molar-refractivity contribution in [1.29, 1.82) is 0 Å². The van der Waals surface area contributed by atoms with Gasteiger partial charge in [-0.3, -0.25) is 14.5 Å². The highest BCUT2D eigenvalue weighted by molar-refractivity contribution is 7.90. The van der Waals surface area contributed by atoms with E-state index in [-0.39, 0.29) is 28.5 Å². The quantitative estimate of drug-likeness (QED) is 0.868. The van der Waals surface area contributed by atoms with Crippen LogP contribution in [0.25, 0.3) is 0 Å². The Bertz CT molecular complexity index is 784. The molecule has 1 unspecified atom stereocenters. The van der Waals surface area contributed by atoms with Gasteiger partial charge in [-0.1, -0.05) is 27.7 Å². The average molecular weight is 366 g/mol. The zero-order valence-corrected chi connectivity index (χ0v) is 16.2. The van der Waals surface area contributed by atoms with Gasteiger partial charge < -0.3 is 5.32 Å². The van der Waals surface area contributed by atoms with Crippen LogP contribution in [0.15, 0.2) is 23.1 Å². The van der Waals surface area contributed by atoms with Crippen LogP contribution in [0.5, 0.6) is 0 Å². The fourth-order valence-corrected chi connectivity index (χ4v) is 3.62. The lowest BCUT2D eigenvalue weighted by molar-refractivity contribution is -0.124. The maximum Gasteiger partial charge on any atom is 0.247 e. The zero-order chi connectivity index (χ0) is 18.9. The number of anilines is 2. The van der Waals surface area contributed by atoms with Gasteiger partial charge in [0.05, 0.1) is 16.3 Å². The SMILES string of the molecule is CC(C)CC(=O)N1c2ccc(S(C)(=O)=O)cc2NC(=O)C1CC(C)C. The summed E-state index contributed by atoms with van der Waals surface area (Å²) in [5.41, 5.74) is 0.924. The van der Waals surface area contributed by atoms with E-state index in [0.29, 0.717) is 24.2 Å². The summed E-state index contributed by atoms with van der Waals surface area (Å²) >= 11 is 0. The maximum absolute atomic E-state index is 12.8. The molecule has 0 aromatic heterocycles. The molecule has 1 aliphatic heterocycles. The van der Waals surface area contributed by atoms with Crippen LogP contribution in [-0.2, 0) is 19.4 Å². The molecule has 1 atom stereocenters. The van der Waals surface area contributed by atoms with E-state index < -0.39 is 15.9 Å².